The molecule has 0 amide bonds. The van der Waals surface area contributed by atoms with Gasteiger partial charge in [-0.3, -0.25) is 9.67 Å². The summed E-state index contributed by atoms with van der Waals surface area (Å²) in [6.45, 7) is 5.73. The van der Waals surface area contributed by atoms with E-state index in [4.69, 9.17) is 14.5 Å². The van der Waals surface area contributed by atoms with Gasteiger partial charge in [0.25, 0.3) is 0 Å². The number of ether oxygens (including phenoxy) is 2. The summed E-state index contributed by atoms with van der Waals surface area (Å²) >= 11 is 0. The molecule has 0 radical (unpaired) electrons. The Balaban J connectivity index is 1.61. The summed E-state index contributed by atoms with van der Waals surface area (Å²) in [7, 11) is 3.30. The molecule has 0 bridgehead atoms. The molecule has 1 aromatic carbocycles. The van der Waals surface area contributed by atoms with Gasteiger partial charge in [-0.05, 0) is 31.0 Å². The fourth-order valence-corrected chi connectivity index (χ4v) is 3.29. The van der Waals surface area contributed by atoms with Gasteiger partial charge < -0.3 is 19.7 Å². The van der Waals surface area contributed by atoms with Crippen LogP contribution in [0.4, 0.5) is 0 Å². The number of carbonyl (C=O) groups is 1. The number of carbonyl (C=O) groups excluding carboxylic acids is 1. The molecular weight excluding hydrogens is 370 g/mol. The molecule has 8 nitrogen and oxygen atoms in total. The van der Waals surface area contributed by atoms with Crippen LogP contribution in [-0.2, 0) is 22.9 Å². The van der Waals surface area contributed by atoms with Gasteiger partial charge in [0.1, 0.15) is 6.10 Å². The van der Waals surface area contributed by atoms with Gasteiger partial charge in [-0.15, -0.1) is 0 Å². The van der Waals surface area contributed by atoms with Gasteiger partial charge in [0.05, 0.1) is 32.0 Å². The number of hydrogen-bond acceptors (Lipinski definition) is 5. The second kappa shape index (κ2) is 10.1. The standard InChI is InChI=1S/C21H29N5O3/c1-4-22-21(23-10-9-16-5-7-17(8-6-16)20(27)28-3)26-11-12-29-19(15-26)18-13-24-25(2)14-18/h5-8,13-14,19H,4,9-12,15H2,1-3H3,(H,22,23). The number of aliphatic imine (C=N–C) groups is 1. The van der Waals surface area contributed by atoms with Crippen LogP contribution in [0.15, 0.2) is 41.7 Å². The Labute approximate surface area is 171 Å². The molecule has 1 fully saturated rings. The SMILES string of the molecule is CCNC(=NCCc1ccc(C(=O)OC)cc1)N1CCOC(c2cnn(C)c2)C1. The molecule has 1 N–H and O–H groups in total. The van der Waals surface area contributed by atoms with E-state index in [1.54, 1.807) is 16.8 Å². The predicted molar refractivity (Wildman–Crippen MR) is 111 cm³/mol. The van der Waals surface area contributed by atoms with Gasteiger partial charge in [-0.1, -0.05) is 12.1 Å². The molecule has 2 aromatic rings. The number of methoxy groups -OCH3 is 1. The number of aromatic nitrogens is 2. The molecule has 0 spiro atoms. The van der Waals surface area contributed by atoms with Crippen LogP contribution in [0.2, 0.25) is 0 Å². The highest BCUT2D eigenvalue weighted by atomic mass is 16.5. The van der Waals surface area contributed by atoms with Crippen molar-refractivity contribution in [2.75, 3.05) is 39.9 Å². The Kier molecular flexibility index (Phi) is 7.24. The molecule has 3 rings (SSSR count). The topological polar surface area (TPSA) is 81.0 Å². The lowest BCUT2D eigenvalue weighted by Gasteiger charge is -2.34. The quantitative estimate of drug-likeness (QED) is 0.453. The van der Waals surface area contributed by atoms with Crippen LogP contribution in [0.25, 0.3) is 0 Å². The van der Waals surface area contributed by atoms with Crippen molar-refractivity contribution in [3.8, 4) is 0 Å². The molecule has 1 unspecified atom stereocenters. The van der Waals surface area contributed by atoms with Crippen LogP contribution < -0.4 is 5.32 Å². The summed E-state index contributed by atoms with van der Waals surface area (Å²) < 4.78 is 12.5. The number of hydrogen-bond donors (Lipinski definition) is 1. The summed E-state index contributed by atoms with van der Waals surface area (Å²) in [5.41, 5.74) is 2.77. The predicted octanol–water partition coefficient (Wildman–Crippen LogP) is 1.79. The molecule has 8 heteroatoms. The second-order valence-corrected chi connectivity index (χ2v) is 6.93. The van der Waals surface area contributed by atoms with E-state index in [-0.39, 0.29) is 12.1 Å². The van der Waals surface area contributed by atoms with Crippen LogP contribution in [0.5, 0.6) is 0 Å². The number of esters is 1. The van der Waals surface area contributed by atoms with E-state index >= 15 is 0 Å². The van der Waals surface area contributed by atoms with Crippen molar-refractivity contribution in [2.45, 2.75) is 19.4 Å². The zero-order valence-corrected chi connectivity index (χ0v) is 17.3. The zero-order chi connectivity index (χ0) is 20.6. The lowest BCUT2D eigenvalue weighted by molar-refractivity contribution is -0.00803. The third-order valence-corrected chi connectivity index (χ3v) is 4.83. The summed E-state index contributed by atoms with van der Waals surface area (Å²) in [4.78, 5) is 18.6. The molecule has 1 aromatic heterocycles. The average Bonchev–Trinajstić information content (AvgIpc) is 3.19. The van der Waals surface area contributed by atoms with E-state index in [0.717, 1.165) is 43.1 Å². The lowest BCUT2D eigenvalue weighted by atomic mass is 10.1. The molecular formula is C21H29N5O3. The average molecular weight is 399 g/mol. The monoisotopic (exact) mass is 399 g/mol. The van der Waals surface area contributed by atoms with Crippen LogP contribution in [0.1, 0.15) is 34.5 Å². The van der Waals surface area contributed by atoms with Crippen molar-refractivity contribution in [1.29, 1.82) is 0 Å². The zero-order valence-electron chi connectivity index (χ0n) is 17.3. The minimum atomic E-state index is -0.320. The van der Waals surface area contributed by atoms with Gasteiger partial charge in [-0.25, -0.2) is 4.79 Å². The van der Waals surface area contributed by atoms with Crippen molar-refractivity contribution in [3.63, 3.8) is 0 Å². The molecule has 1 saturated heterocycles. The van der Waals surface area contributed by atoms with Gasteiger partial charge in [0.2, 0.25) is 0 Å². The first-order chi connectivity index (χ1) is 14.1. The van der Waals surface area contributed by atoms with Crippen LogP contribution in [-0.4, -0.2) is 66.5 Å². The highest BCUT2D eigenvalue weighted by Crippen LogP contribution is 2.21. The van der Waals surface area contributed by atoms with E-state index in [0.29, 0.717) is 18.7 Å². The first-order valence-corrected chi connectivity index (χ1v) is 9.91. The Morgan fingerprint density at radius 1 is 1.38 bits per heavy atom. The smallest absolute Gasteiger partial charge is 0.337 e. The highest BCUT2D eigenvalue weighted by Gasteiger charge is 2.25. The van der Waals surface area contributed by atoms with Gasteiger partial charge in [-0.2, -0.15) is 5.10 Å². The Bertz CT molecular complexity index is 831. The third-order valence-electron chi connectivity index (χ3n) is 4.83. The number of aryl methyl sites for hydroxylation is 1. The van der Waals surface area contributed by atoms with Crippen molar-refractivity contribution in [3.05, 3.63) is 53.3 Å². The first-order valence-electron chi connectivity index (χ1n) is 9.91. The number of benzene rings is 1. The van der Waals surface area contributed by atoms with Crippen molar-refractivity contribution in [2.24, 2.45) is 12.0 Å². The largest absolute Gasteiger partial charge is 0.465 e. The number of nitrogens with one attached hydrogen (secondary N) is 1. The normalized spacial score (nSPS) is 17.3. The maximum absolute atomic E-state index is 11.5. The summed E-state index contributed by atoms with van der Waals surface area (Å²) in [6, 6.07) is 7.47. The van der Waals surface area contributed by atoms with Gasteiger partial charge in [0.15, 0.2) is 5.96 Å². The summed E-state index contributed by atoms with van der Waals surface area (Å²) in [5, 5.41) is 7.63. The van der Waals surface area contributed by atoms with E-state index < -0.39 is 0 Å². The minimum absolute atomic E-state index is 0.00725. The third kappa shape index (κ3) is 5.57. The van der Waals surface area contributed by atoms with Crippen LogP contribution >= 0.6 is 0 Å². The molecule has 1 aliphatic rings. The summed E-state index contributed by atoms with van der Waals surface area (Å²) in [5.74, 6) is 0.579. The van der Waals surface area contributed by atoms with Crippen molar-refractivity contribution in [1.82, 2.24) is 20.0 Å². The minimum Gasteiger partial charge on any atom is -0.465 e. The molecule has 29 heavy (non-hydrogen) atoms. The summed E-state index contributed by atoms with van der Waals surface area (Å²) in [6.07, 6.45) is 4.64. The first kappa shape index (κ1) is 20.9. The number of morpholine rings is 1. The van der Waals surface area contributed by atoms with Crippen molar-refractivity contribution < 1.29 is 14.3 Å². The molecule has 0 aliphatic carbocycles. The highest BCUT2D eigenvalue weighted by molar-refractivity contribution is 5.89. The van der Waals surface area contributed by atoms with Crippen molar-refractivity contribution >= 4 is 11.9 Å². The van der Waals surface area contributed by atoms with Crippen LogP contribution in [0.3, 0.4) is 0 Å². The van der Waals surface area contributed by atoms with E-state index in [1.807, 2.05) is 31.6 Å². The second-order valence-electron chi connectivity index (χ2n) is 6.93. The van der Waals surface area contributed by atoms with Crippen LogP contribution in [0, 0.1) is 0 Å². The fourth-order valence-electron chi connectivity index (χ4n) is 3.29. The molecule has 2 heterocycles. The Hall–Kier alpha value is -2.87. The molecule has 1 aliphatic heterocycles. The molecule has 1 atom stereocenters. The maximum atomic E-state index is 11.5. The number of guanidine groups is 1. The lowest BCUT2D eigenvalue weighted by Crippen LogP contribution is -2.48. The van der Waals surface area contributed by atoms with Gasteiger partial charge in [0, 0.05) is 38.4 Å². The van der Waals surface area contributed by atoms with E-state index in [2.05, 4.69) is 22.2 Å². The fraction of sp³-hybridized carbons (Fsp3) is 0.476. The molecule has 156 valence electrons. The van der Waals surface area contributed by atoms with E-state index in [9.17, 15) is 4.79 Å². The Morgan fingerprint density at radius 2 is 2.17 bits per heavy atom. The van der Waals surface area contributed by atoms with Gasteiger partial charge >= 0.3 is 5.97 Å². The van der Waals surface area contributed by atoms with E-state index in [1.165, 1.54) is 7.11 Å². The number of nitrogens with zero attached hydrogens (tertiary/aromatic N) is 4. The molecule has 0 saturated carbocycles. The maximum Gasteiger partial charge on any atom is 0.337 e. The number of rotatable bonds is 6. The Morgan fingerprint density at radius 3 is 2.83 bits per heavy atom.